The zero-order chi connectivity index (χ0) is 17.9. The first-order chi connectivity index (χ1) is 12.1. The molecule has 0 unspecified atom stereocenters. The molecule has 1 fully saturated rings. The molecule has 26 heavy (non-hydrogen) atoms. The molecule has 0 saturated heterocycles. The molecular formula is C20H30IN5. The van der Waals surface area contributed by atoms with Crippen molar-refractivity contribution in [1.29, 1.82) is 0 Å². The van der Waals surface area contributed by atoms with Crippen molar-refractivity contribution < 1.29 is 0 Å². The van der Waals surface area contributed by atoms with E-state index in [1.807, 2.05) is 18.7 Å². The van der Waals surface area contributed by atoms with Crippen molar-refractivity contribution in [3.05, 3.63) is 52.8 Å². The van der Waals surface area contributed by atoms with Gasteiger partial charge in [0.2, 0.25) is 0 Å². The smallest absolute Gasteiger partial charge is 0.191 e. The Labute approximate surface area is 173 Å². The number of nitrogens with zero attached hydrogens (tertiary/aromatic N) is 3. The molecule has 1 heterocycles. The molecule has 0 atom stereocenters. The van der Waals surface area contributed by atoms with Crippen molar-refractivity contribution in [3.63, 3.8) is 0 Å². The van der Waals surface area contributed by atoms with Gasteiger partial charge in [-0.15, -0.1) is 24.0 Å². The second-order valence-corrected chi connectivity index (χ2v) is 6.97. The van der Waals surface area contributed by atoms with Crippen LogP contribution >= 0.6 is 24.0 Å². The highest BCUT2D eigenvalue weighted by Crippen LogP contribution is 2.47. The SMILES string of the molecule is CCNC(=NCc1c(C)nn(C)c1C)NCC1(c2ccccc2)CC1.I. The van der Waals surface area contributed by atoms with Crippen LogP contribution in [0.25, 0.3) is 0 Å². The topological polar surface area (TPSA) is 54.2 Å². The Balaban J connectivity index is 0.00000243. The number of rotatable bonds is 6. The van der Waals surface area contributed by atoms with E-state index in [1.165, 1.54) is 29.7 Å². The van der Waals surface area contributed by atoms with Gasteiger partial charge < -0.3 is 10.6 Å². The minimum absolute atomic E-state index is 0. The summed E-state index contributed by atoms with van der Waals surface area (Å²) in [4.78, 5) is 4.78. The Hall–Kier alpha value is -1.57. The van der Waals surface area contributed by atoms with Crippen LogP contribution in [0.15, 0.2) is 35.3 Å². The van der Waals surface area contributed by atoms with Gasteiger partial charge in [-0.3, -0.25) is 4.68 Å². The third kappa shape index (κ3) is 4.58. The molecule has 2 aromatic rings. The van der Waals surface area contributed by atoms with Gasteiger partial charge in [-0.05, 0) is 39.2 Å². The summed E-state index contributed by atoms with van der Waals surface area (Å²) >= 11 is 0. The van der Waals surface area contributed by atoms with Crippen LogP contribution in [0.2, 0.25) is 0 Å². The molecule has 6 heteroatoms. The molecule has 1 aromatic carbocycles. The third-order valence-electron chi connectivity index (χ3n) is 5.23. The number of aliphatic imine (C=N–C) groups is 1. The van der Waals surface area contributed by atoms with Crippen LogP contribution in [0.3, 0.4) is 0 Å². The predicted octanol–water partition coefficient (Wildman–Crippen LogP) is 3.44. The molecule has 1 saturated carbocycles. The lowest BCUT2D eigenvalue weighted by atomic mass is 9.96. The van der Waals surface area contributed by atoms with Gasteiger partial charge >= 0.3 is 0 Å². The number of hydrogen-bond acceptors (Lipinski definition) is 2. The molecule has 0 aliphatic heterocycles. The van der Waals surface area contributed by atoms with Crippen LogP contribution in [0.5, 0.6) is 0 Å². The summed E-state index contributed by atoms with van der Waals surface area (Å²) in [6.45, 7) is 8.68. The van der Waals surface area contributed by atoms with Gasteiger partial charge in [-0.2, -0.15) is 5.10 Å². The minimum atomic E-state index is 0. The molecule has 1 aliphatic carbocycles. The Morgan fingerprint density at radius 3 is 2.42 bits per heavy atom. The van der Waals surface area contributed by atoms with Gasteiger partial charge in [-0.1, -0.05) is 30.3 Å². The zero-order valence-corrected chi connectivity index (χ0v) is 18.5. The first-order valence-corrected chi connectivity index (χ1v) is 9.12. The summed E-state index contributed by atoms with van der Waals surface area (Å²) in [7, 11) is 1.98. The van der Waals surface area contributed by atoms with Crippen molar-refractivity contribution in [2.75, 3.05) is 13.1 Å². The maximum Gasteiger partial charge on any atom is 0.191 e. The molecule has 2 N–H and O–H groups in total. The maximum absolute atomic E-state index is 4.78. The van der Waals surface area contributed by atoms with Gasteiger partial charge in [0.1, 0.15) is 0 Å². The van der Waals surface area contributed by atoms with E-state index in [1.54, 1.807) is 0 Å². The van der Waals surface area contributed by atoms with Crippen LogP contribution in [0.1, 0.15) is 42.3 Å². The van der Waals surface area contributed by atoms with Crippen LogP contribution < -0.4 is 10.6 Å². The van der Waals surface area contributed by atoms with E-state index in [0.717, 1.165) is 24.7 Å². The number of benzene rings is 1. The highest BCUT2D eigenvalue weighted by atomic mass is 127. The molecule has 0 bridgehead atoms. The first kappa shape index (κ1) is 20.7. The zero-order valence-electron chi connectivity index (χ0n) is 16.2. The Kier molecular flexibility index (Phi) is 7.08. The minimum Gasteiger partial charge on any atom is -0.357 e. The number of aromatic nitrogens is 2. The fourth-order valence-electron chi connectivity index (χ4n) is 3.31. The molecule has 0 radical (unpaired) electrons. The number of hydrogen-bond donors (Lipinski definition) is 2. The normalized spacial score (nSPS) is 15.3. The van der Waals surface area contributed by atoms with Gasteiger partial charge in [0.05, 0.1) is 12.2 Å². The van der Waals surface area contributed by atoms with Crippen LogP contribution in [0, 0.1) is 13.8 Å². The molecule has 1 aromatic heterocycles. The van der Waals surface area contributed by atoms with E-state index in [0.29, 0.717) is 6.54 Å². The summed E-state index contributed by atoms with van der Waals surface area (Å²) in [5.41, 5.74) is 5.15. The quantitative estimate of drug-likeness (QED) is 0.389. The van der Waals surface area contributed by atoms with Crippen molar-refractivity contribution in [2.45, 2.75) is 45.6 Å². The lowest BCUT2D eigenvalue weighted by Crippen LogP contribution is -2.41. The number of guanidine groups is 1. The number of halogens is 1. The van der Waals surface area contributed by atoms with Crippen LogP contribution in [-0.2, 0) is 19.0 Å². The second-order valence-electron chi connectivity index (χ2n) is 6.97. The standard InChI is InChI=1S/C20H29N5.HI/c1-5-21-19(22-13-18-15(2)24-25(4)16(18)3)23-14-20(11-12-20)17-9-7-6-8-10-17;/h6-10H,5,11-14H2,1-4H3,(H2,21,22,23);1H. The van der Waals surface area contributed by atoms with Crippen molar-refractivity contribution >= 4 is 29.9 Å². The Morgan fingerprint density at radius 1 is 1.19 bits per heavy atom. The van der Waals surface area contributed by atoms with E-state index >= 15 is 0 Å². The molecule has 1 aliphatic rings. The summed E-state index contributed by atoms with van der Waals surface area (Å²) in [6, 6.07) is 10.8. The van der Waals surface area contributed by atoms with Crippen LogP contribution in [-0.4, -0.2) is 28.8 Å². The van der Waals surface area contributed by atoms with Gasteiger partial charge in [-0.25, -0.2) is 4.99 Å². The molecule has 0 spiro atoms. The fourth-order valence-corrected chi connectivity index (χ4v) is 3.31. The van der Waals surface area contributed by atoms with E-state index in [4.69, 9.17) is 4.99 Å². The second kappa shape index (κ2) is 8.88. The van der Waals surface area contributed by atoms with Crippen molar-refractivity contribution in [1.82, 2.24) is 20.4 Å². The van der Waals surface area contributed by atoms with Gasteiger partial charge in [0.15, 0.2) is 5.96 Å². The predicted molar refractivity (Wildman–Crippen MR) is 118 cm³/mol. The van der Waals surface area contributed by atoms with E-state index < -0.39 is 0 Å². The largest absolute Gasteiger partial charge is 0.357 e. The molecule has 3 rings (SSSR count). The number of aryl methyl sites for hydroxylation is 2. The lowest BCUT2D eigenvalue weighted by molar-refractivity contribution is 0.646. The van der Waals surface area contributed by atoms with E-state index in [-0.39, 0.29) is 29.4 Å². The maximum atomic E-state index is 4.78. The lowest BCUT2D eigenvalue weighted by Gasteiger charge is -2.19. The Morgan fingerprint density at radius 2 is 1.88 bits per heavy atom. The van der Waals surface area contributed by atoms with Gasteiger partial charge in [0.25, 0.3) is 0 Å². The Bertz CT molecular complexity index is 747. The fraction of sp³-hybridized carbons (Fsp3) is 0.500. The highest BCUT2D eigenvalue weighted by molar-refractivity contribution is 14.0. The number of nitrogens with one attached hydrogen (secondary N) is 2. The molecular weight excluding hydrogens is 437 g/mol. The first-order valence-electron chi connectivity index (χ1n) is 9.12. The summed E-state index contributed by atoms with van der Waals surface area (Å²) < 4.78 is 1.93. The van der Waals surface area contributed by atoms with Gasteiger partial charge in [0, 0.05) is 36.8 Å². The van der Waals surface area contributed by atoms with E-state index in [2.05, 4.69) is 59.9 Å². The molecule has 142 valence electrons. The monoisotopic (exact) mass is 467 g/mol. The van der Waals surface area contributed by atoms with E-state index in [9.17, 15) is 0 Å². The average Bonchev–Trinajstić information content (AvgIpc) is 3.36. The summed E-state index contributed by atoms with van der Waals surface area (Å²) in [5, 5.41) is 11.4. The highest BCUT2D eigenvalue weighted by Gasteiger charge is 2.43. The third-order valence-corrected chi connectivity index (χ3v) is 5.23. The van der Waals surface area contributed by atoms with Crippen LogP contribution in [0.4, 0.5) is 0 Å². The van der Waals surface area contributed by atoms with Crippen molar-refractivity contribution in [3.8, 4) is 0 Å². The molecule has 5 nitrogen and oxygen atoms in total. The molecule has 0 amide bonds. The summed E-state index contributed by atoms with van der Waals surface area (Å²) in [6.07, 6.45) is 2.48. The average molecular weight is 467 g/mol. The van der Waals surface area contributed by atoms with Crippen molar-refractivity contribution in [2.24, 2.45) is 12.0 Å². The summed E-state index contributed by atoms with van der Waals surface area (Å²) in [5.74, 6) is 0.882.